The van der Waals surface area contributed by atoms with Gasteiger partial charge in [-0.1, -0.05) is 66.5 Å². The molecule has 0 atom stereocenters. The Bertz CT molecular complexity index is 1370. The Morgan fingerprint density at radius 3 is 2.49 bits per heavy atom. The molecule has 0 saturated carbocycles. The van der Waals surface area contributed by atoms with Crippen LogP contribution in [0, 0.1) is 0 Å². The van der Waals surface area contributed by atoms with E-state index in [4.69, 9.17) is 22.7 Å². The molecule has 1 fully saturated rings. The van der Waals surface area contributed by atoms with Gasteiger partial charge >= 0.3 is 11.7 Å². The summed E-state index contributed by atoms with van der Waals surface area (Å²) < 4.78 is 6.95. The minimum atomic E-state index is -0.877. The summed E-state index contributed by atoms with van der Waals surface area (Å²) in [6, 6.07) is 9.57. The van der Waals surface area contributed by atoms with Gasteiger partial charge in [0.15, 0.2) is 6.61 Å². The Hall–Kier alpha value is -3.77. The van der Waals surface area contributed by atoms with Crippen molar-refractivity contribution < 1.29 is 19.1 Å². The van der Waals surface area contributed by atoms with Gasteiger partial charge in [0.1, 0.15) is 15.7 Å². The maximum Gasteiger partial charge on any atom is 0.332 e. The molecule has 2 heterocycles. The Morgan fingerprint density at radius 1 is 1.11 bits per heavy atom. The van der Waals surface area contributed by atoms with Crippen LogP contribution in [0.2, 0.25) is 0 Å². The molecular weight excluding hydrogens is 492 g/mol. The second-order valence-corrected chi connectivity index (χ2v) is 9.10. The van der Waals surface area contributed by atoms with Crippen LogP contribution in [0.1, 0.15) is 22.3 Å². The molecule has 35 heavy (non-hydrogen) atoms. The molecule has 1 aromatic heterocycles. The van der Waals surface area contributed by atoms with Crippen molar-refractivity contribution >= 4 is 57.9 Å². The molecule has 1 saturated heterocycles. The molecule has 1 aliphatic rings. The van der Waals surface area contributed by atoms with E-state index in [-0.39, 0.29) is 24.7 Å². The molecular formula is C23H22N4O6S2. The molecule has 0 radical (unpaired) electrons. The zero-order valence-corrected chi connectivity index (χ0v) is 20.6. The molecule has 1 aromatic carbocycles. The number of anilines is 1. The molecule has 2 N–H and O–H groups in total. The SMILES string of the molecule is Cn1c(N)c(C(=O)COC(=O)CCN2C(=O)/C(=C/C=C/c3ccccc3)SC2=S)c(=O)n(C)c1=O. The Labute approximate surface area is 209 Å². The first kappa shape index (κ1) is 25.8. The van der Waals surface area contributed by atoms with Crippen LogP contribution in [0.15, 0.2) is 57.0 Å². The number of nitrogens with zero attached hydrogens (tertiary/aromatic N) is 3. The number of esters is 1. The van der Waals surface area contributed by atoms with Gasteiger partial charge in [0.2, 0.25) is 5.78 Å². The van der Waals surface area contributed by atoms with Gasteiger partial charge < -0.3 is 10.5 Å². The van der Waals surface area contributed by atoms with Gasteiger partial charge in [-0.15, -0.1) is 0 Å². The van der Waals surface area contributed by atoms with E-state index in [1.807, 2.05) is 36.4 Å². The summed E-state index contributed by atoms with van der Waals surface area (Å²) in [4.78, 5) is 63.0. The first-order valence-corrected chi connectivity index (χ1v) is 11.6. The number of rotatable bonds is 8. The normalized spacial score (nSPS) is 14.8. The summed E-state index contributed by atoms with van der Waals surface area (Å²) in [7, 11) is 2.52. The van der Waals surface area contributed by atoms with Crippen molar-refractivity contribution in [1.29, 1.82) is 0 Å². The number of carbonyl (C=O) groups excluding carboxylic acids is 3. The van der Waals surface area contributed by atoms with Crippen molar-refractivity contribution in [2.75, 3.05) is 18.9 Å². The third-order valence-corrected chi connectivity index (χ3v) is 6.50. The fraction of sp³-hybridized carbons (Fsp3) is 0.217. The number of carbonyl (C=O) groups is 3. The predicted molar refractivity (Wildman–Crippen MR) is 137 cm³/mol. The van der Waals surface area contributed by atoms with Crippen molar-refractivity contribution in [2.24, 2.45) is 14.1 Å². The van der Waals surface area contributed by atoms with Crippen LogP contribution in [-0.2, 0) is 28.4 Å². The van der Waals surface area contributed by atoms with Crippen LogP contribution in [0.4, 0.5) is 5.82 Å². The predicted octanol–water partition coefficient (Wildman–Crippen LogP) is 1.24. The Balaban J connectivity index is 1.56. The fourth-order valence-corrected chi connectivity index (χ4v) is 4.39. The van der Waals surface area contributed by atoms with Crippen LogP contribution in [0.5, 0.6) is 0 Å². The number of benzene rings is 1. The van der Waals surface area contributed by atoms with Crippen LogP contribution >= 0.6 is 24.0 Å². The third-order valence-electron chi connectivity index (χ3n) is 5.10. The smallest absolute Gasteiger partial charge is 0.332 e. The number of thiocarbonyl (C=S) groups is 1. The number of ether oxygens (including phenoxy) is 1. The summed E-state index contributed by atoms with van der Waals surface area (Å²) >= 11 is 6.37. The van der Waals surface area contributed by atoms with Crippen molar-refractivity contribution in [1.82, 2.24) is 14.0 Å². The maximum absolute atomic E-state index is 12.6. The molecule has 1 aliphatic heterocycles. The summed E-state index contributed by atoms with van der Waals surface area (Å²) in [5.41, 5.74) is 4.71. The zero-order valence-electron chi connectivity index (χ0n) is 18.9. The molecule has 10 nitrogen and oxygen atoms in total. The van der Waals surface area contributed by atoms with Crippen LogP contribution in [0.3, 0.4) is 0 Å². The van der Waals surface area contributed by atoms with Crippen LogP contribution < -0.4 is 17.0 Å². The minimum absolute atomic E-state index is 0.0266. The molecule has 0 aliphatic carbocycles. The number of ketones is 1. The molecule has 1 amide bonds. The van der Waals surface area contributed by atoms with Crippen LogP contribution in [0.25, 0.3) is 6.08 Å². The molecule has 182 valence electrons. The number of allylic oxidation sites excluding steroid dienone is 2. The number of Topliss-reactive ketones (excluding diaryl/α,β-unsaturated/α-hetero) is 1. The second kappa shape index (κ2) is 11.1. The number of nitrogens with two attached hydrogens (primary N) is 1. The van der Waals surface area contributed by atoms with Crippen molar-refractivity contribution in [3.63, 3.8) is 0 Å². The summed E-state index contributed by atoms with van der Waals surface area (Å²) in [6.45, 7) is -0.764. The van der Waals surface area contributed by atoms with E-state index in [2.05, 4.69) is 0 Å². The molecule has 0 unspecified atom stereocenters. The average Bonchev–Trinajstić information content (AvgIpc) is 3.11. The van der Waals surface area contributed by atoms with E-state index >= 15 is 0 Å². The largest absolute Gasteiger partial charge is 0.457 e. The highest BCUT2D eigenvalue weighted by Gasteiger charge is 2.32. The van der Waals surface area contributed by atoms with Gasteiger partial charge in [0, 0.05) is 20.6 Å². The maximum atomic E-state index is 12.6. The van der Waals surface area contributed by atoms with Gasteiger partial charge in [-0.2, -0.15) is 0 Å². The summed E-state index contributed by atoms with van der Waals surface area (Å²) in [5.74, 6) is -2.25. The number of thioether (sulfide) groups is 1. The average molecular weight is 515 g/mol. The highest BCUT2D eigenvalue weighted by Crippen LogP contribution is 2.31. The van der Waals surface area contributed by atoms with Gasteiger partial charge in [-0.05, 0) is 11.6 Å². The van der Waals surface area contributed by atoms with Gasteiger partial charge in [-0.3, -0.25) is 33.2 Å². The Morgan fingerprint density at radius 2 is 1.80 bits per heavy atom. The zero-order chi connectivity index (χ0) is 25.7. The third kappa shape index (κ3) is 5.84. The highest BCUT2D eigenvalue weighted by atomic mass is 32.2. The standard InChI is InChI=1S/C23H22N4O6S2/c1-25-19(24)18(21(31)26(2)22(25)32)15(28)13-33-17(29)11-12-27-20(30)16(35-23(27)34)10-6-9-14-7-4-3-5-8-14/h3-10H,11-13,24H2,1-2H3/b9-6+,16-10-. The summed E-state index contributed by atoms with van der Waals surface area (Å²) in [5, 5.41) is 0. The second-order valence-electron chi connectivity index (χ2n) is 7.43. The minimum Gasteiger partial charge on any atom is -0.457 e. The van der Waals surface area contributed by atoms with Crippen molar-refractivity contribution in [2.45, 2.75) is 6.42 Å². The lowest BCUT2D eigenvalue weighted by Crippen LogP contribution is -2.42. The molecule has 12 heteroatoms. The number of hydrogen-bond acceptors (Lipinski definition) is 9. The topological polar surface area (TPSA) is 134 Å². The first-order chi connectivity index (χ1) is 16.6. The van der Waals surface area contributed by atoms with Gasteiger partial charge in [-0.25, -0.2) is 4.79 Å². The van der Waals surface area contributed by atoms with Crippen molar-refractivity contribution in [3.05, 3.63) is 79.4 Å². The van der Waals surface area contributed by atoms with E-state index in [9.17, 15) is 24.0 Å². The Kier molecular flexibility index (Phi) is 8.20. The molecule has 2 aromatic rings. The number of hydrogen-bond donors (Lipinski definition) is 1. The lowest BCUT2D eigenvalue weighted by Gasteiger charge is -2.14. The first-order valence-electron chi connectivity index (χ1n) is 10.3. The van der Waals surface area contributed by atoms with Crippen LogP contribution in [-0.4, -0.2) is 49.2 Å². The van der Waals surface area contributed by atoms with Crippen molar-refractivity contribution in [3.8, 4) is 0 Å². The van der Waals surface area contributed by atoms with E-state index in [0.717, 1.165) is 26.5 Å². The highest BCUT2D eigenvalue weighted by molar-refractivity contribution is 8.26. The van der Waals surface area contributed by atoms with Gasteiger partial charge in [0.25, 0.3) is 11.5 Å². The lowest BCUT2D eigenvalue weighted by atomic mass is 10.2. The lowest BCUT2D eigenvalue weighted by molar-refractivity contribution is -0.142. The van der Waals surface area contributed by atoms with E-state index in [1.54, 1.807) is 12.2 Å². The molecule has 0 spiro atoms. The number of amides is 1. The quantitative estimate of drug-likeness (QED) is 0.239. The molecule has 0 bridgehead atoms. The van der Waals surface area contributed by atoms with E-state index in [1.165, 1.54) is 19.0 Å². The van der Waals surface area contributed by atoms with Gasteiger partial charge in [0.05, 0.1) is 11.3 Å². The van der Waals surface area contributed by atoms with E-state index < -0.39 is 35.2 Å². The monoisotopic (exact) mass is 514 g/mol. The number of nitrogen functional groups attached to an aromatic ring is 1. The fourth-order valence-electron chi connectivity index (χ4n) is 3.13. The number of aromatic nitrogens is 2. The molecule has 3 rings (SSSR count). The summed E-state index contributed by atoms with van der Waals surface area (Å²) in [6.07, 6.45) is 5.04. The van der Waals surface area contributed by atoms with E-state index in [0.29, 0.717) is 9.23 Å².